The lowest BCUT2D eigenvalue weighted by molar-refractivity contribution is -0.116. The molecular formula is C15H19N3O2S. The normalized spacial score (nSPS) is 10.4. The van der Waals surface area contributed by atoms with Gasteiger partial charge in [0.25, 0.3) is 0 Å². The molecule has 0 saturated heterocycles. The predicted molar refractivity (Wildman–Crippen MR) is 83.8 cm³/mol. The summed E-state index contributed by atoms with van der Waals surface area (Å²) in [5.41, 5.74) is 1.20. The van der Waals surface area contributed by atoms with Gasteiger partial charge in [-0.2, -0.15) is 0 Å². The molecule has 0 aliphatic carbocycles. The average molecular weight is 305 g/mol. The zero-order valence-corrected chi connectivity index (χ0v) is 13.1. The fourth-order valence-electron chi connectivity index (χ4n) is 1.69. The zero-order valence-electron chi connectivity index (χ0n) is 12.3. The number of aromatic nitrogens is 2. The quantitative estimate of drug-likeness (QED) is 0.798. The van der Waals surface area contributed by atoms with Gasteiger partial charge in [0.2, 0.25) is 11.0 Å². The number of nitrogens with zero attached hydrogens (tertiary/aromatic N) is 2. The van der Waals surface area contributed by atoms with Gasteiger partial charge in [0.05, 0.1) is 6.61 Å². The van der Waals surface area contributed by atoms with Gasteiger partial charge in [0, 0.05) is 6.42 Å². The van der Waals surface area contributed by atoms with Gasteiger partial charge in [-0.15, -0.1) is 10.2 Å². The van der Waals surface area contributed by atoms with Gasteiger partial charge >= 0.3 is 0 Å². The fourth-order valence-corrected chi connectivity index (χ4v) is 2.38. The summed E-state index contributed by atoms with van der Waals surface area (Å²) in [6.45, 7) is 4.56. The predicted octanol–water partition coefficient (Wildman–Crippen LogP) is 3.21. The number of ether oxygens (including phenoxy) is 1. The third-order valence-electron chi connectivity index (χ3n) is 2.85. The molecule has 1 aromatic carbocycles. The van der Waals surface area contributed by atoms with E-state index >= 15 is 0 Å². The molecule has 0 aliphatic rings. The molecule has 1 amide bonds. The van der Waals surface area contributed by atoms with E-state index in [-0.39, 0.29) is 5.91 Å². The van der Waals surface area contributed by atoms with E-state index in [0.717, 1.165) is 17.2 Å². The number of hydrogen-bond donors (Lipinski definition) is 1. The molecule has 0 unspecified atom stereocenters. The van der Waals surface area contributed by atoms with Crippen molar-refractivity contribution in [3.63, 3.8) is 0 Å². The Morgan fingerprint density at radius 2 is 2.05 bits per heavy atom. The first-order valence-electron chi connectivity index (χ1n) is 6.99. The van der Waals surface area contributed by atoms with Crippen LogP contribution >= 0.6 is 11.3 Å². The lowest BCUT2D eigenvalue weighted by atomic mass is 10.2. The van der Waals surface area contributed by atoms with Gasteiger partial charge in [0.15, 0.2) is 0 Å². The molecule has 0 atom stereocenters. The van der Waals surface area contributed by atoms with E-state index in [1.807, 2.05) is 38.1 Å². The molecule has 1 aromatic heterocycles. The highest BCUT2D eigenvalue weighted by atomic mass is 32.1. The van der Waals surface area contributed by atoms with Gasteiger partial charge in [-0.3, -0.25) is 4.79 Å². The van der Waals surface area contributed by atoms with Crippen LogP contribution in [0.3, 0.4) is 0 Å². The molecule has 21 heavy (non-hydrogen) atoms. The molecule has 5 nitrogen and oxygen atoms in total. The molecule has 112 valence electrons. The van der Waals surface area contributed by atoms with Crippen LogP contribution in [0, 0.1) is 6.92 Å². The summed E-state index contributed by atoms with van der Waals surface area (Å²) < 4.78 is 5.58. The lowest BCUT2D eigenvalue weighted by Crippen LogP contribution is -2.12. The molecule has 0 bridgehead atoms. The van der Waals surface area contributed by atoms with Gasteiger partial charge in [-0.05, 0) is 31.9 Å². The van der Waals surface area contributed by atoms with E-state index in [1.165, 1.54) is 16.9 Å². The number of amides is 1. The molecule has 0 aliphatic heterocycles. The zero-order chi connectivity index (χ0) is 15.1. The van der Waals surface area contributed by atoms with E-state index in [9.17, 15) is 4.79 Å². The van der Waals surface area contributed by atoms with Crippen molar-refractivity contribution in [3.05, 3.63) is 34.8 Å². The van der Waals surface area contributed by atoms with Gasteiger partial charge in [-0.25, -0.2) is 0 Å². The van der Waals surface area contributed by atoms with E-state index in [4.69, 9.17) is 4.74 Å². The van der Waals surface area contributed by atoms with Crippen LogP contribution in [0.15, 0.2) is 24.3 Å². The Balaban J connectivity index is 1.66. The Bertz CT molecular complexity index is 581. The van der Waals surface area contributed by atoms with Gasteiger partial charge < -0.3 is 10.1 Å². The van der Waals surface area contributed by atoms with Crippen molar-refractivity contribution < 1.29 is 9.53 Å². The van der Waals surface area contributed by atoms with Crippen LogP contribution in [0.1, 0.15) is 30.3 Å². The maximum Gasteiger partial charge on any atom is 0.226 e. The first-order chi connectivity index (χ1) is 10.2. The maximum atomic E-state index is 11.7. The minimum atomic E-state index is -0.0543. The molecule has 1 heterocycles. The van der Waals surface area contributed by atoms with Crippen LogP contribution < -0.4 is 10.1 Å². The molecule has 0 fully saturated rings. The molecule has 6 heteroatoms. The molecular weight excluding hydrogens is 286 g/mol. The fraction of sp³-hybridized carbons (Fsp3) is 0.400. The van der Waals surface area contributed by atoms with Gasteiger partial charge in [0.1, 0.15) is 10.8 Å². The number of carbonyl (C=O) groups is 1. The van der Waals surface area contributed by atoms with Gasteiger partial charge in [-0.1, -0.05) is 36.0 Å². The van der Waals surface area contributed by atoms with Crippen LogP contribution in [0.4, 0.5) is 5.13 Å². The van der Waals surface area contributed by atoms with Crippen LogP contribution in [0.5, 0.6) is 5.75 Å². The van der Waals surface area contributed by atoms with E-state index in [1.54, 1.807) is 0 Å². The summed E-state index contributed by atoms with van der Waals surface area (Å²) in [5, 5.41) is 12.1. The number of aryl methyl sites for hydroxylation is 2. The van der Waals surface area contributed by atoms with E-state index in [2.05, 4.69) is 15.5 Å². The number of benzene rings is 1. The second-order valence-electron chi connectivity index (χ2n) is 4.67. The smallest absolute Gasteiger partial charge is 0.226 e. The Morgan fingerprint density at radius 3 is 2.71 bits per heavy atom. The topological polar surface area (TPSA) is 64.1 Å². The Morgan fingerprint density at radius 1 is 1.29 bits per heavy atom. The molecule has 0 spiro atoms. The number of carbonyl (C=O) groups excluding carboxylic acids is 1. The Kier molecular flexibility index (Phi) is 5.68. The molecule has 1 N–H and O–H groups in total. The van der Waals surface area contributed by atoms with Crippen LogP contribution in [0.25, 0.3) is 0 Å². The molecule has 0 saturated carbocycles. The summed E-state index contributed by atoms with van der Waals surface area (Å²) >= 11 is 1.41. The summed E-state index contributed by atoms with van der Waals surface area (Å²) in [4.78, 5) is 11.7. The van der Waals surface area contributed by atoms with E-state index in [0.29, 0.717) is 24.6 Å². The lowest BCUT2D eigenvalue weighted by Gasteiger charge is -2.06. The minimum Gasteiger partial charge on any atom is -0.494 e. The van der Waals surface area contributed by atoms with Crippen LogP contribution in [-0.2, 0) is 11.2 Å². The Labute approximate surface area is 128 Å². The van der Waals surface area contributed by atoms with Crippen molar-refractivity contribution in [2.75, 3.05) is 11.9 Å². The van der Waals surface area contributed by atoms with Crippen LogP contribution in [0.2, 0.25) is 0 Å². The second kappa shape index (κ2) is 7.73. The number of anilines is 1. The van der Waals surface area contributed by atoms with Crippen molar-refractivity contribution in [1.29, 1.82) is 0 Å². The summed E-state index contributed by atoms with van der Waals surface area (Å²) in [6, 6.07) is 7.87. The van der Waals surface area contributed by atoms with E-state index < -0.39 is 0 Å². The van der Waals surface area contributed by atoms with Crippen LogP contribution in [-0.4, -0.2) is 22.7 Å². The summed E-state index contributed by atoms with van der Waals surface area (Å²) in [7, 11) is 0. The highest BCUT2D eigenvalue weighted by molar-refractivity contribution is 7.15. The monoisotopic (exact) mass is 305 g/mol. The summed E-state index contributed by atoms with van der Waals surface area (Å²) in [5.74, 6) is 0.777. The largest absolute Gasteiger partial charge is 0.494 e. The van der Waals surface area contributed by atoms with Crippen molar-refractivity contribution in [2.24, 2.45) is 0 Å². The van der Waals surface area contributed by atoms with Crippen molar-refractivity contribution >= 4 is 22.4 Å². The highest BCUT2D eigenvalue weighted by Gasteiger charge is 2.07. The number of rotatable bonds is 7. The number of nitrogens with one attached hydrogen (secondary N) is 1. The standard InChI is InChI=1S/C15H19N3O2S/c1-3-14-17-18-15(21-14)16-13(19)5-4-10-20-12-8-6-11(2)7-9-12/h6-9H,3-5,10H2,1-2H3,(H,16,18,19). The molecule has 0 radical (unpaired) electrons. The average Bonchev–Trinajstić information content (AvgIpc) is 2.93. The molecule has 2 aromatic rings. The minimum absolute atomic E-state index is 0.0543. The van der Waals surface area contributed by atoms with Crippen molar-refractivity contribution in [1.82, 2.24) is 10.2 Å². The van der Waals surface area contributed by atoms with Crippen molar-refractivity contribution in [3.8, 4) is 5.75 Å². The highest BCUT2D eigenvalue weighted by Crippen LogP contribution is 2.16. The SMILES string of the molecule is CCc1nnc(NC(=O)CCCOc2ccc(C)cc2)s1. The third-order valence-corrected chi connectivity index (χ3v) is 3.84. The first kappa shape index (κ1) is 15.4. The third kappa shape index (κ3) is 5.15. The van der Waals surface area contributed by atoms with Crippen molar-refractivity contribution in [2.45, 2.75) is 33.1 Å². The summed E-state index contributed by atoms with van der Waals surface area (Å²) in [6.07, 6.45) is 1.91. The number of hydrogen-bond acceptors (Lipinski definition) is 5. The maximum absolute atomic E-state index is 11.7. The Hall–Kier alpha value is -1.95. The first-order valence-corrected chi connectivity index (χ1v) is 7.80. The molecule has 2 rings (SSSR count). The second-order valence-corrected chi connectivity index (χ2v) is 5.73.